The van der Waals surface area contributed by atoms with Crippen LogP contribution in [-0.2, 0) is 13.0 Å². The summed E-state index contributed by atoms with van der Waals surface area (Å²) in [6.07, 6.45) is 16.3. The predicted molar refractivity (Wildman–Crippen MR) is 91.3 cm³/mol. The standard InChI is InChI=1S/C19H36N2/c1-5-9-11-17(7-3)15-19-20-13-14-21(19)16-18(8-4)12-10-6-2/h13-14,17-18H,5-12,15-16H2,1-4H3/p+1. The van der Waals surface area contributed by atoms with Gasteiger partial charge >= 0.3 is 0 Å². The van der Waals surface area contributed by atoms with Crippen LogP contribution in [0.2, 0.25) is 0 Å². The first-order chi connectivity index (χ1) is 10.2. The number of imidazole rings is 1. The van der Waals surface area contributed by atoms with Gasteiger partial charge in [0.15, 0.2) is 0 Å². The lowest BCUT2D eigenvalue weighted by Crippen LogP contribution is -2.40. The zero-order valence-corrected chi connectivity index (χ0v) is 14.8. The van der Waals surface area contributed by atoms with Crippen molar-refractivity contribution in [1.29, 1.82) is 0 Å². The molecule has 1 aromatic heterocycles. The number of nitrogens with one attached hydrogen (secondary N) is 1. The van der Waals surface area contributed by atoms with E-state index < -0.39 is 0 Å². The first kappa shape index (κ1) is 18.3. The van der Waals surface area contributed by atoms with Crippen LogP contribution in [0.5, 0.6) is 0 Å². The smallest absolute Gasteiger partial charge is 0.248 e. The number of hydrogen-bond donors (Lipinski definition) is 1. The minimum atomic E-state index is 0.834. The molecule has 0 saturated carbocycles. The van der Waals surface area contributed by atoms with Crippen molar-refractivity contribution >= 4 is 0 Å². The van der Waals surface area contributed by atoms with Crippen LogP contribution in [0.25, 0.3) is 0 Å². The van der Waals surface area contributed by atoms with Crippen LogP contribution >= 0.6 is 0 Å². The Hall–Kier alpha value is -0.790. The van der Waals surface area contributed by atoms with Crippen LogP contribution in [0, 0.1) is 11.8 Å². The molecule has 0 bridgehead atoms. The molecule has 0 amide bonds. The van der Waals surface area contributed by atoms with Gasteiger partial charge in [-0.25, -0.2) is 9.55 Å². The molecular formula is C19H37N2+. The lowest BCUT2D eigenvalue weighted by molar-refractivity contribution is -0.709. The summed E-state index contributed by atoms with van der Waals surface area (Å²) in [6.45, 7) is 10.5. The molecule has 0 aliphatic carbocycles. The SMILES string of the molecule is CCCCC(CC)Cc1[nH]cc[n+]1CC(CC)CCCC. The van der Waals surface area contributed by atoms with Gasteiger partial charge in [0.2, 0.25) is 0 Å². The second-order valence-corrected chi connectivity index (χ2v) is 6.60. The Balaban J connectivity index is 2.58. The molecule has 0 aromatic carbocycles. The van der Waals surface area contributed by atoms with Crippen molar-refractivity contribution in [3.8, 4) is 0 Å². The van der Waals surface area contributed by atoms with Crippen LogP contribution in [0.1, 0.15) is 84.9 Å². The van der Waals surface area contributed by atoms with Crippen molar-refractivity contribution in [3.63, 3.8) is 0 Å². The van der Waals surface area contributed by atoms with Gasteiger partial charge in [0.1, 0.15) is 12.4 Å². The summed E-state index contributed by atoms with van der Waals surface area (Å²) in [5, 5.41) is 0. The van der Waals surface area contributed by atoms with Crippen molar-refractivity contribution in [2.45, 2.75) is 92.0 Å². The summed E-state index contributed by atoms with van der Waals surface area (Å²) in [5.74, 6) is 3.11. The van der Waals surface area contributed by atoms with Gasteiger partial charge in [-0.15, -0.1) is 0 Å². The summed E-state index contributed by atoms with van der Waals surface area (Å²) < 4.78 is 2.48. The molecule has 0 spiro atoms. The van der Waals surface area contributed by atoms with E-state index in [1.807, 2.05) is 0 Å². The Morgan fingerprint density at radius 1 is 0.952 bits per heavy atom. The molecule has 21 heavy (non-hydrogen) atoms. The molecule has 2 heteroatoms. The van der Waals surface area contributed by atoms with Gasteiger partial charge in [-0.1, -0.05) is 59.8 Å². The topological polar surface area (TPSA) is 19.7 Å². The average Bonchev–Trinajstić information content (AvgIpc) is 2.94. The molecule has 0 saturated heterocycles. The number of H-pyrrole nitrogens is 1. The number of unbranched alkanes of at least 4 members (excludes halogenated alkanes) is 2. The third kappa shape index (κ3) is 6.67. The highest BCUT2D eigenvalue weighted by Crippen LogP contribution is 2.17. The lowest BCUT2D eigenvalue weighted by Gasteiger charge is -2.15. The van der Waals surface area contributed by atoms with Crippen LogP contribution < -0.4 is 4.57 Å². The molecule has 2 atom stereocenters. The first-order valence-electron chi connectivity index (χ1n) is 9.30. The van der Waals surface area contributed by atoms with Crippen molar-refractivity contribution < 1.29 is 4.57 Å². The minimum Gasteiger partial charge on any atom is -0.248 e. The summed E-state index contributed by atoms with van der Waals surface area (Å²) in [5.41, 5.74) is 0. The Kier molecular flexibility index (Phi) is 9.45. The number of aromatic amines is 1. The largest absolute Gasteiger partial charge is 0.254 e. The van der Waals surface area contributed by atoms with Gasteiger partial charge in [-0.3, -0.25) is 0 Å². The number of nitrogens with zero attached hydrogens (tertiary/aromatic N) is 1. The van der Waals surface area contributed by atoms with Crippen LogP contribution in [0.4, 0.5) is 0 Å². The fourth-order valence-corrected chi connectivity index (χ4v) is 3.16. The quantitative estimate of drug-likeness (QED) is 0.506. The first-order valence-corrected chi connectivity index (χ1v) is 9.30. The molecule has 1 rings (SSSR count). The zero-order valence-electron chi connectivity index (χ0n) is 14.8. The predicted octanol–water partition coefficient (Wildman–Crippen LogP) is 5.28. The van der Waals surface area contributed by atoms with E-state index in [9.17, 15) is 0 Å². The Morgan fingerprint density at radius 3 is 2.14 bits per heavy atom. The van der Waals surface area contributed by atoms with E-state index in [1.165, 1.54) is 70.2 Å². The van der Waals surface area contributed by atoms with Crippen LogP contribution in [0.15, 0.2) is 12.4 Å². The second-order valence-electron chi connectivity index (χ2n) is 6.60. The van der Waals surface area contributed by atoms with E-state index in [0.717, 1.165) is 11.8 Å². The number of aromatic nitrogens is 2. The number of hydrogen-bond acceptors (Lipinski definition) is 0. The van der Waals surface area contributed by atoms with E-state index in [0.29, 0.717) is 0 Å². The molecule has 2 unspecified atom stereocenters. The third-order valence-corrected chi connectivity index (χ3v) is 4.87. The zero-order chi connectivity index (χ0) is 15.5. The van der Waals surface area contributed by atoms with Gasteiger partial charge in [0.05, 0.1) is 13.0 Å². The highest BCUT2D eigenvalue weighted by molar-refractivity contribution is 4.81. The van der Waals surface area contributed by atoms with Gasteiger partial charge in [0, 0.05) is 0 Å². The molecule has 1 N–H and O–H groups in total. The van der Waals surface area contributed by atoms with E-state index in [1.54, 1.807) is 0 Å². The number of rotatable bonds is 12. The van der Waals surface area contributed by atoms with Crippen molar-refractivity contribution in [1.82, 2.24) is 4.98 Å². The highest BCUT2D eigenvalue weighted by Gasteiger charge is 2.19. The normalized spacial score (nSPS) is 14.3. The Bertz CT molecular complexity index is 324. The van der Waals surface area contributed by atoms with Gasteiger partial charge in [-0.2, -0.15) is 0 Å². The van der Waals surface area contributed by atoms with E-state index >= 15 is 0 Å². The molecule has 2 nitrogen and oxygen atoms in total. The summed E-state index contributed by atoms with van der Waals surface area (Å²) >= 11 is 0. The minimum absolute atomic E-state index is 0.834. The summed E-state index contributed by atoms with van der Waals surface area (Å²) in [6, 6.07) is 0. The fourth-order valence-electron chi connectivity index (χ4n) is 3.16. The molecule has 0 radical (unpaired) electrons. The highest BCUT2D eigenvalue weighted by atomic mass is 15.1. The Labute approximate surface area is 132 Å². The maximum absolute atomic E-state index is 3.50. The van der Waals surface area contributed by atoms with E-state index in [4.69, 9.17) is 0 Å². The third-order valence-electron chi connectivity index (χ3n) is 4.87. The van der Waals surface area contributed by atoms with Crippen LogP contribution in [0.3, 0.4) is 0 Å². The van der Waals surface area contributed by atoms with E-state index in [-0.39, 0.29) is 0 Å². The summed E-state index contributed by atoms with van der Waals surface area (Å²) in [7, 11) is 0. The van der Waals surface area contributed by atoms with Gasteiger partial charge in [-0.05, 0) is 31.1 Å². The fraction of sp³-hybridized carbons (Fsp3) is 0.842. The van der Waals surface area contributed by atoms with E-state index in [2.05, 4.69) is 49.6 Å². The van der Waals surface area contributed by atoms with Crippen molar-refractivity contribution in [2.75, 3.05) is 0 Å². The molecule has 122 valence electrons. The molecular weight excluding hydrogens is 256 g/mol. The van der Waals surface area contributed by atoms with Crippen molar-refractivity contribution in [3.05, 3.63) is 18.2 Å². The van der Waals surface area contributed by atoms with Crippen LogP contribution in [-0.4, -0.2) is 4.98 Å². The Morgan fingerprint density at radius 2 is 1.57 bits per heavy atom. The molecule has 0 aliphatic heterocycles. The molecule has 1 heterocycles. The lowest BCUT2D eigenvalue weighted by atomic mass is 9.95. The van der Waals surface area contributed by atoms with Crippen molar-refractivity contribution in [2.24, 2.45) is 11.8 Å². The van der Waals surface area contributed by atoms with Gasteiger partial charge < -0.3 is 0 Å². The molecule has 1 aromatic rings. The molecule has 0 fully saturated rings. The molecule has 0 aliphatic rings. The van der Waals surface area contributed by atoms with Gasteiger partial charge in [0.25, 0.3) is 5.82 Å². The average molecular weight is 294 g/mol. The summed E-state index contributed by atoms with van der Waals surface area (Å²) in [4.78, 5) is 3.50. The monoisotopic (exact) mass is 293 g/mol. The second kappa shape index (κ2) is 10.9. The maximum atomic E-state index is 3.50. The maximum Gasteiger partial charge on any atom is 0.254 e.